The Morgan fingerprint density at radius 3 is 1.89 bits per heavy atom. The predicted octanol–water partition coefficient (Wildman–Crippen LogP) is 7.17. The minimum atomic E-state index is -0.0832. The molecule has 0 spiro atoms. The van der Waals surface area contributed by atoms with Crippen LogP contribution in [0.4, 0.5) is 0 Å². The van der Waals surface area contributed by atoms with E-state index >= 15 is 0 Å². The molecular formula is C21H24O2S4. The summed E-state index contributed by atoms with van der Waals surface area (Å²) in [5, 5.41) is 12.8. The highest BCUT2D eigenvalue weighted by Gasteiger charge is 2.29. The normalized spacial score (nSPS) is 13.3. The molecule has 2 aromatic rings. The van der Waals surface area contributed by atoms with Gasteiger partial charge in [0.25, 0.3) is 0 Å². The number of benzene rings is 2. The van der Waals surface area contributed by atoms with Crippen LogP contribution in [0.3, 0.4) is 0 Å². The third kappa shape index (κ3) is 3.91. The second-order valence-corrected chi connectivity index (χ2v) is 11.1. The maximum absolute atomic E-state index is 12.9. The van der Waals surface area contributed by atoms with Gasteiger partial charge in [0.15, 0.2) is 5.78 Å². The van der Waals surface area contributed by atoms with E-state index in [1.807, 2.05) is 23.5 Å². The first kappa shape index (κ1) is 21.0. The van der Waals surface area contributed by atoms with E-state index in [0.717, 1.165) is 49.1 Å². The number of aromatic hydroxyl groups is 1. The van der Waals surface area contributed by atoms with Crippen LogP contribution in [0.2, 0.25) is 0 Å². The molecule has 0 heterocycles. The molecule has 27 heavy (non-hydrogen) atoms. The maximum atomic E-state index is 12.9. The number of ketones is 1. The van der Waals surface area contributed by atoms with Gasteiger partial charge >= 0.3 is 0 Å². The SMILES string of the molecule is CCSC1=CC(=O)c2c(O)cc(SCC)c3c(SCC)cc(SCC)c1c23. The second kappa shape index (κ2) is 9.21. The largest absolute Gasteiger partial charge is 0.507 e. The Morgan fingerprint density at radius 2 is 1.30 bits per heavy atom. The van der Waals surface area contributed by atoms with Crippen LogP contribution in [0.25, 0.3) is 15.7 Å². The molecule has 144 valence electrons. The molecule has 0 bridgehead atoms. The van der Waals surface area contributed by atoms with Gasteiger partial charge in [0.05, 0.1) is 5.56 Å². The smallest absolute Gasteiger partial charge is 0.191 e. The number of carbonyl (C=O) groups excluding carboxylic acids is 1. The van der Waals surface area contributed by atoms with Gasteiger partial charge in [0, 0.05) is 42.0 Å². The molecule has 0 aliphatic heterocycles. The highest BCUT2D eigenvalue weighted by Crippen LogP contribution is 2.51. The van der Waals surface area contributed by atoms with Crippen LogP contribution in [0.15, 0.2) is 32.9 Å². The van der Waals surface area contributed by atoms with Crippen LogP contribution in [0.1, 0.15) is 43.6 Å². The average molecular weight is 437 g/mol. The zero-order chi connectivity index (χ0) is 19.6. The van der Waals surface area contributed by atoms with Crippen molar-refractivity contribution in [3.8, 4) is 5.75 Å². The first-order chi connectivity index (χ1) is 13.1. The van der Waals surface area contributed by atoms with Crippen LogP contribution in [0, 0.1) is 0 Å². The standard InChI is InChI=1S/C21H24O2S4/c1-5-24-14-9-12(22)18-13(23)10-15(25-6-2)20-17(27-8-4)11-16(26-7-3)19(14)21(18)20/h9-11,22H,5-8H2,1-4H3. The van der Waals surface area contributed by atoms with Crippen molar-refractivity contribution in [3.05, 3.63) is 29.3 Å². The molecule has 0 radical (unpaired) electrons. The highest BCUT2D eigenvalue weighted by atomic mass is 32.2. The lowest BCUT2D eigenvalue weighted by Gasteiger charge is -2.24. The molecule has 1 N–H and O–H groups in total. The van der Waals surface area contributed by atoms with Crippen LogP contribution in [0.5, 0.6) is 5.75 Å². The van der Waals surface area contributed by atoms with Gasteiger partial charge in [0.2, 0.25) is 0 Å². The highest BCUT2D eigenvalue weighted by molar-refractivity contribution is 8.08. The van der Waals surface area contributed by atoms with E-state index in [2.05, 4.69) is 33.8 Å². The van der Waals surface area contributed by atoms with Gasteiger partial charge < -0.3 is 5.11 Å². The summed E-state index contributed by atoms with van der Waals surface area (Å²) in [4.78, 5) is 17.4. The van der Waals surface area contributed by atoms with Gasteiger partial charge in [-0.15, -0.1) is 47.0 Å². The van der Waals surface area contributed by atoms with Crippen LogP contribution >= 0.6 is 47.0 Å². The van der Waals surface area contributed by atoms with Gasteiger partial charge in [-0.1, -0.05) is 27.7 Å². The fourth-order valence-electron chi connectivity index (χ4n) is 3.36. The number of rotatable bonds is 8. The number of phenolic OH excluding ortho intramolecular Hbond substituents is 1. The lowest BCUT2D eigenvalue weighted by Crippen LogP contribution is -2.08. The minimum absolute atomic E-state index is 0.0832. The summed E-state index contributed by atoms with van der Waals surface area (Å²) in [6.07, 6.45) is 1.71. The molecule has 0 unspecified atom stereocenters. The zero-order valence-corrected chi connectivity index (χ0v) is 19.3. The summed E-state index contributed by atoms with van der Waals surface area (Å²) in [6, 6.07) is 4.08. The molecule has 2 aromatic carbocycles. The van der Waals surface area contributed by atoms with Crippen molar-refractivity contribution in [2.75, 3.05) is 23.0 Å². The van der Waals surface area contributed by atoms with E-state index in [4.69, 9.17) is 0 Å². The molecule has 0 amide bonds. The maximum Gasteiger partial charge on any atom is 0.191 e. The summed E-state index contributed by atoms with van der Waals surface area (Å²) in [5.41, 5.74) is 1.60. The van der Waals surface area contributed by atoms with Crippen molar-refractivity contribution >= 4 is 68.5 Å². The Labute approximate surface area is 178 Å². The lowest BCUT2D eigenvalue weighted by molar-refractivity contribution is 0.104. The first-order valence-electron chi connectivity index (χ1n) is 9.21. The van der Waals surface area contributed by atoms with Crippen LogP contribution < -0.4 is 0 Å². The lowest BCUT2D eigenvalue weighted by atomic mass is 9.91. The van der Waals surface area contributed by atoms with Gasteiger partial charge in [-0.3, -0.25) is 4.79 Å². The van der Waals surface area contributed by atoms with Crippen molar-refractivity contribution in [2.45, 2.75) is 42.4 Å². The fraction of sp³-hybridized carbons (Fsp3) is 0.381. The number of phenols is 1. The number of hydrogen-bond acceptors (Lipinski definition) is 6. The summed E-state index contributed by atoms with van der Waals surface area (Å²) in [7, 11) is 0. The molecule has 6 heteroatoms. The first-order valence-corrected chi connectivity index (χ1v) is 13.2. The summed E-state index contributed by atoms with van der Waals surface area (Å²) in [6.45, 7) is 8.53. The topological polar surface area (TPSA) is 37.3 Å². The van der Waals surface area contributed by atoms with Crippen molar-refractivity contribution in [1.29, 1.82) is 0 Å². The Hall–Kier alpha value is -0.690. The third-order valence-corrected chi connectivity index (χ3v) is 7.92. The Bertz CT molecular complexity index is 919. The molecule has 3 rings (SSSR count). The van der Waals surface area contributed by atoms with Gasteiger partial charge in [-0.05, 0) is 35.1 Å². The molecule has 1 aliphatic carbocycles. The summed E-state index contributed by atoms with van der Waals surface area (Å²) < 4.78 is 0. The number of carbonyl (C=O) groups is 1. The molecule has 0 aromatic heterocycles. The number of hydrogen-bond donors (Lipinski definition) is 1. The molecule has 2 nitrogen and oxygen atoms in total. The molecule has 0 saturated carbocycles. The van der Waals surface area contributed by atoms with E-state index in [-0.39, 0.29) is 11.5 Å². The second-order valence-electron chi connectivity index (χ2n) is 5.87. The quantitative estimate of drug-likeness (QED) is 0.442. The van der Waals surface area contributed by atoms with Crippen molar-refractivity contribution in [1.82, 2.24) is 0 Å². The van der Waals surface area contributed by atoms with Gasteiger partial charge in [-0.25, -0.2) is 0 Å². The molecule has 1 aliphatic rings. The van der Waals surface area contributed by atoms with Crippen molar-refractivity contribution in [2.24, 2.45) is 0 Å². The van der Waals surface area contributed by atoms with Crippen LogP contribution in [-0.4, -0.2) is 33.9 Å². The molecule has 0 saturated heterocycles. The summed E-state index contributed by atoms with van der Waals surface area (Å²) >= 11 is 7.06. The average Bonchev–Trinajstić information content (AvgIpc) is 2.61. The van der Waals surface area contributed by atoms with Gasteiger partial charge in [0.1, 0.15) is 5.75 Å². The zero-order valence-electron chi connectivity index (χ0n) is 16.0. The van der Waals surface area contributed by atoms with Crippen molar-refractivity contribution < 1.29 is 9.90 Å². The Kier molecular flexibility index (Phi) is 7.17. The van der Waals surface area contributed by atoms with Crippen LogP contribution in [-0.2, 0) is 0 Å². The van der Waals surface area contributed by atoms with E-state index in [1.54, 1.807) is 35.7 Å². The molecule has 0 atom stereocenters. The predicted molar refractivity (Wildman–Crippen MR) is 125 cm³/mol. The van der Waals surface area contributed by atoms with Crippen molar-refractivity contribution in [3.63, 3.8) is 0 Å². The summed E-state index contributed by atoms with van der Waals surface area (Å²) in [5.74, 6) is 3.79. The Morgan fingerprint density at radius 1 is 0.741 bits per heavy atom. The third-order valence-electron chi connectivity index (χ3n) is 4.23. The molecule has 0 fully saturated rings. The Balaban J connectivity index is 2.49. The van der Waals surface area contributed by atoms with E-state index in [1.165, 1.54) is 9.79 Å². The van der Waals surface area contributed by atoms with E-state index in [0.29, 0.717) is 5.56 Å². The fourth-order valence-corrected chi connectivity index (χ4v) is 7.02. The van der Waals surface area contributed by atoms with Gasteiger partial charge in [-0.2, -0.15) is 0 Å². The number of allylic oxidation sites excluding steroid dienone is 1. The minimum Gasteiger partial charge on any atom is -0.507 e. The number of thioether (sulfide) groups is 4. The molecular weight excluding hydrogens is 412 g/mol. The monoisotopic (exact) mass is 436 g/mol. The van der Waals surface area contributed by atoms with E-state index in [9.17, 15) is 9.90 Å². The van der Waals surface area contributed by atoms with E-state index < -0.39 is 0 Å².